The van der Waals surface area contributed by atoms with Crippen LogP contribution >= 0.6 is 0 Å². The van der Waals surface area contributed by atoms with Crippen LogP contribution in [0.5, 0.6) is 0 Å². The molecule has 3 aromatic carbocycles. The standard InChI is InChI=1S/C26H30N2O2/c27-26(30)25-14-8-7-13-23(25)17-18-28(19-22-11-5-2-6-12-22)20-24(29)16-15-21-9-3-1-4-10-21/h1-14,24,29H,15-20H2,(H2,27,30)/t24-/m0/s1. The van der Waals surface area contributed by atoms with Crippen molar-refractivity contribution < 1.29 is 9.90 Å². The van der Waals surface area contributed by atoms with Gasteiger partial charge in [-0.15, -0.1) is 0 Å². The zero-order valence-corrected chi connectivity index (χ0v) is 17.3. The van der Waals surface area contributed by atoms with Crippen molar-refractivity contribution in [1.29, 1.82) is 0 Å². The lowest BCUT2D eigenvalue weighted by molar-refractivity contribution is 0.0989. The zero-order valence-electron chi connectivity index (χ0n) is 17.3. The molecule has 0 heterocycles. The number of primary amides is 1. The summed E-state index contributed by atoms with van der Waals surface area (Å²) in [5, 5.41) is 10.7. The third-order valence-corrected chi connectivity index (χ3v) is 5.31. The van der Waals surface area contributed by atoms with Gasteiger partial charge < -0.3 is 10.8 Å². The number of hydrogen-bond donors (Lipinski definition) is 2. The van der Waals surface area contributed by atoms with Crippen LogP contribution in [0.1, 0.15) is 33.5 Å². The Morgan fingerprint density at radius 2 is 1.43 bits per heavy atom. The average molecular weight is 403 g/mol. The molecule has 0 saturated carbocycles. The Morgan fingerprint density at radius 3 is 2.10 bits per heavy atom. The molecule has 3 aromatic rings. The molecule has 0 radical (unpaired) electrons. The van der Waals surface area contributed by atoms with Crippen LogP contribution in [0, 0.1) is 0 Å². The fourth-order valence-electron chi connectivity index (χ4n) is 3.70. The maximum atomic E-state index is 11.7. The highest BCUT2D eigenvalue weighted by Crippen LogP contribution is 2.13. The molecule has 3 rings (SSSR count). The van der Waals surface area contributed by atoms with Crippen LogP contribution in [0.15, 0.2) is 84.9 Å². The lowest BCUT2D eigenvalue weighted by Crippen LogP contribution is -2.34. The van der Waals surface area contributed by atoms with E-state index >= 15 is 0 Å². The summed E-state index contributed by atoms with van der Waals surface area (Å²) in [7, 11) is 0. The zero-order chi connectivity index (χ0) is 21.2. The Balaban J connectivity index is 1.63. The molecule has 30 heavy (non-hydrogen) atoms. The highest BCUT2D eigenvalue weighted by molar-refractivity contribution is 5.94. The maximum absolute atomic E-state index is 11.7. The van der Waals surface area contributed by atoms with Crippen LogP contribution in [0.2, 0.25) is 0 Å². The quantitative estimate of drug-likeness (QED) is 0.512. The number of hydrogen-bond acceptors (Lipinski definition) is 3. The number of carbonyl (C=O) groups excluding carboxylic acids is 1. The van der Waals surface area contributed by atoms with Gasteiger partial charge in [-0.3, -0.25) is 9.69 Å². The predicted octanol–water partition coefficient (Wildman–Crippen LogP) is 3.82. The Morgan fingerprint density at radius 1 is 0.833 bits per heavy atom. The van der Waals surface area contributed by atoms with Gasteiger partial charge >= 0.3 is 0 Å². The van der Waals surface area contributed by atoms with Crippen molar-refractivity contribution in [2.45, 2.75) is 31.9 Å². The topological polar surface area (TPSA) is 66.6 Å². The molecule has 0 aliphatic carbocycles. The van der Waals surface area contributed by atoms with E-state index in [0.717, 1.165) is 25.1 Å². The molecule has 4 heteroatoms. The van der Waals surface area contributed by atoms with E-state index in [1.165, 1.54) is 11.1 Å². The molecule has 1 atom stereocenters. The Labute approximate surface area is 179 Å². The molecule has 156 valence electrons. The molecule has 0 fully saturated rings. The monoisotopic (exact) mass is 402 g/mol. The van der Waals surface area contributed by atoms with Crippen molar-refractivity contribution in [3.8, 4) is 0 Å². The van der Waals surface area contributed by atoms with E-state index in [-0.39, 0.29) is 0 Å². The van der Waals surface area contributed by atoms with Crippen molar-refractivity contribution in [2.75, 3.05) is 13.1 Å². The van der Waals surface area contributed by atoms with E-state index in [1.807, 2.05) is 54.6 Å². The van der Waals surface area contributed by atoms with Gasteiger partial charge in [0, 0.05) is 25.2 Å². The Bertz CT molecular complexity index is 913. The number of rotatable bonds is 11. The van der Waals surface area contributed by atoms with Gasteiger partial charge in [0.2, 0.25) is 5.91 Å². The van der Waals surface area contributed by atoms with E-state index < -0.39 is 12.0 Å². The number of amides is 1. The first-order valence-electron chi connectivity index (χ1n) is 10.5. The van der Waals surface area contributed by atoms with Crippen LogP contribution in [0.3, 0.4) is 0 Å². The number of aliphatic hydroxyl groups excluding tert-OH is 1. The summed E-state index contributed by atoms with van der Waals surface area (Å²) >= 11 is 0. The normalized spacial score (nSPS) is 12.1. The summed E-state index contributed by atoms with van der Waals surface area (Å²) < 4.78 is 0. The summed E-state index contributed by atoms with van der Waals surface area (Å²) in [6.45, 7) is 2.07. The van der Waals surface area contributed by atoms with Crippen LogP contribution in [-0.2, 0) is 19.4 Å². The lowest BCUT2D eigenvalue weighted by Gasteiger charge is -2.25. The third-order valence-electron chi connectivity index (χ3n) is 5.31. The Kier molecular flexibility index (Phi) is 8.19. The lowest BCUT2D eigenvalue weighted by atomic mass is 10.0. The minimum Gasteiger partial charge on any atom is -0.392 e. The average Bonchev–Trinajstić information content (AvgIpc) is 2.77. The summed E-state index contributed by atoms with van der Waals surface area (Å²) in [5.74, 6) is -0.400. The molecule has 0 bridgehead atoms. The number of nitrogens with two attached hydrogens (primary N) is 1. The van der Waals surface area contributed by atoms with E-state index in [2.05, 4.69) is 29.2 Å². The van der Waals surface area contributed by atoms with Gasteiger partial charge in [0.25, 0.3) is 0 Å². The van der Waals surface area contributed by atoms with Gasteiger partial charge in [0.1, 0.15) is 0 Å². The van der Waals surface area contributed by atoms with E-state index in [9.17, 15) is 9.90 Å². The number of aliphatic hydroxyl groups is 1. The smallest absolute Gasteiger partial charge is 0.248 e. The fourth-order valence-corrected chi connectivity index (χ4v) is 3.70. The minimum atomic E-state index is -0.416. The molecule has 0 aliphatic rings. The Hall–Kier alpha value is -2.95. The van der Waals surface area contributed by atoms with Gasteiger partial charge in [0.15, 0.2) is 0 Å². The third kappa shape index (κ3) is 6.83. The van der Waals surface area contributed by atoms with Crippen molar-refractivity contribution >= 4 is 5.91 Å². The van der Waals surface area contributed by atoms with E-state index in [0.29, 0.717) is 24.9 Å². The molecule has 0 unspecified atom stereocenters. The second kappa shape index (κ2) is 11.3. The molecule has 3 N–H and O–H groups in total. The summed E-state index contributed by atoms with van der Waals surface area (Å²) in [4.78, 5) is 14.0. The number of benzene rings is 3. The van der Waals surface area contributed by atoms with Gasteiger partial charge in [0.05, 0.1) is 6.10 Å². The molecule has 0 spiro atoms. The van der Waals surface area contributed by atoms with E-state index in [4.69, 9.17) is 5.73 Å². The van der Waals surface area contributed by atoms with E-state index in [1.54, 1.807) is 6.07 Å². The summed E-state index contributed by atoms with van der Waals surface area (Å²) in [5.41, 5.74) is 9.49. The molecular weight excluding hydrogens is 372 g/mol. The SMILES string of the molecule is NC(=O)c1ccccc1CCN(Cc1ccccc1)C[C@@H](O)CCc1ccccc1. The first-order chi connectivity index (χ1) is 14.6. The fraction of sp³-hybridized carbons (Fsp3) is 0.269. The second-order valence-corrected chi connectivity index (χ2v) is 7.67. The van der Waals surface area contributed by atoms with Crippen molar-refractivity contribution in [3.05, 3.63) is 107 Å². The molecule has 0 aliphatic heterocycles. The first-order valence-corrected chi connectivity index (χ1v) is 10.5. The number of nitrogens with zero attached hydrogens (tertiary/aromatic N) is 1. The van der Waals surface area contributed by atoms with Crippen LogP contribution in [-0.4, -0.2) is 35.1 Å². The summed E-state index contributed by atoms with van der Waals surface area (Å²) in [6.07, 6.45) is 1.86. The number of aryl methyl sites for hydroxylation is 1. The molecule has 0 saturated heterocycles. The molecule has 4 nitrogen and oxygen atoms in total. The maximum Gasteiger partial charge on any atom is 0.248 e. The van der Waals surface area contributed by atoms with Crippen LogP contribution < -0.4 is 5.73 Å². The van der Waals surface area contributed by atoms with Gasteiger partial charge in [-0.2, -0.15) is 0 Å². The van der Waals surface area contributed by atoms with Crippen molar-refractivity contribution in [3.63, 3.8) is 0 Å². The highest BCUT2D eigenvalue weighted by atomic mass is 16.3. The number of carbonyl (C=O) groups is 1. The highest BCUT2D eigenvalue weighted by Gasteiger charge is 2.14. The molecular formula is C26H30N2O2. The van der Waals surface area contributed by atoms with Crippen LogP contribution in [0.25, 0.3) is 0 Å². The summed E-state index contributed by atoms with van der Waals surface area (Å²) in [6, 6.07) is 28.0. The van der Waals surface area contributed by atoms with Crippen molar-refractivity contribution in [1.82, 2.24) is 4.90 Å². The largest absolute Gasteiger partial charge is 0.392 e. The van der Waals surface area contributed by atoms with Gasteiger partial charge in [-0.25, -0.2) is 0 Å². The first kappa shape index (κ1) is 21.8. The minimum absolute atomic E-state index is 0.400. The predicted molar refractivity (Wildman–Crippen MR) is 121 cm³/mol. The van der Waals surface area contributed by atoms with Gasteiger partial charge in [-0.05, 0) is 42.0 Å². The molecule has 0 aromatic heterocycles. The van der Waals surface area contributed by atoms with Crippen LogP contribution in [0.4, 0.5) is 0 Å². The molecule has 1 amide bonds. The van der Waals surface area contributed by atoms with Crippen molar-refractivity contribution in [2.24, 2.45) is 5.73 Å². The van der Waals surface area contributed by atoms with Gasteiger partial charge in [-0.1, -0.05) is 78.9 Å². The second-order valence-electron chi connectivity index (χ2n) is 7.67.